The van der Waals surface area contributed by atoms with Crippen molar-refractivity contribution in [3.63, 3.8) is 0 Å². The van der Waals surface area contributed by atoms with Gasteiger partial charge in [0, 0.05) is 11.6 Å². The Morgan fingerprint density at radius 1 is 1.00 bits per heavy atom. The summed E-state index contributed by atoms with van der Waals surface area (Å²) in [6.45, 7) is 0. The van der Waals surface area contributed by atoms with Crippen molar-refractivity contribution in [1.82, 2.24) is 5.43 Å². The van der Waals surface area contributed by atoms with Crippen LogP contribution < -0.4 is 5.43 Å². The summed E-state index contributed by atoms with van der Waals surface area (Å²) in [6, 6.07) is 3.30. The van der Waals surface area contributed by atoms with Gasteiger partial charge >= 0.3 is 0 Å². The molecule has 0 atom stereocenters. The van der Waals surface area contributed by atoms with Gasteiger partial charge in [-0.1, -0.05) is 0 Å². The van der Waals surface area contributed by atoms with Crippen molar-refractivity contribution < 1.29 is 8.78 Å². The zero-order valence-corrected chi connectivity index (χ0v) is 6.54. The summed E-state index contributed by atoms with van der Waals surface area (Å²) in [7, 11) is 0. The first-order chi connectivity index (χ1) is 6.25. The van der Waals surface area contributed by atoms with Crippen LogP contribution in [0.3, 0.4) is 0 Å². The van der Waals surface area contributed by atoms with Crippen molar-refractivity contribution >= 4 is 11.8 Å². The largest absolute Gasteiger partial charge is 0.207 e. The van der Waals surface area contributed by atoms with Crippen LogP contribution in [0.5, 0.6) is 0 Å². The van der Waals surface area contributed by atoms with Gasteiger partial charge in [-0.2, -0.15) is 10.5 Å². The van der Waals surface area contributed by atoms with Crippen LogP contribution in [-0.2, 0) is 0 Å². The lowest BCUT2D eigenvalue weighted by atomic mass is 10.1. The second kappa shape index (κ2) is 2.97. The average molecular weight is 179 g/mol. The molecule has 0 fully saturated rings. The molecule has 1 radical (unpaired) electrons. The Balaban J connectivity index is 2.45. The molecule has 0 aliphatic carbocycles. The summed E-state index contributed by atoms with van der Waals surface area (Å²) in [4.78, 5) is 0. The highest BCUT2D eigenvalue weighted by Crippen LogP contribution is 2.17. The van der Waals surface area contributed by atoms with E-state index in [1.807, 2.05) is 0 Å². The topological polar surface area (TPSA) is 26.5 Å². The fraction of sp³-hybridized carbons (Fsp3) is 0. The predicted molar refractivity (Wildman–Crippen MR) is 45.0 cm³/mol. The average Bonchev–Trinajstić information content (AvgIpc) is 2.53. The van der Waals surface area contributed by atoms with E-state index in [2.05, 4.69) is 10.5 Å². The second-order valence-corrected chi connectivity index (χ2v) is 2.60. The Kier molecular flexibility index (Phi) is 1.81. The third-order valence-electron chi connectivity index (χ3n) is 1.66. The lowest BCUT2D eigenvalue weighted by molar-refractivity contribution is 0.582. The van der Waals surface area contributed by atoms with Crippen LogP contribution in [0.15, 0.2) is 29.5 Å². The molecule has 1 aromatic carbocycles. The van der Waals surface area contributed by atoms with E-state index in [1.165, 1.54) is 24.5 Å². The van der Waals surface area contributed by atoms with E-state index in [0.717, 1.165) is 6.07 Å². The van der Waals surface area contributed by atoms with Gasteiger partial charge in [-0.3, -0.25) is 0 Å². The van der Waals surface area contributed by atoms with Gasteiger partial charge in [-0.05, 0) is 17.7 Å². The van der Waals surface area contributed by atoms with Crippen LogP contribution in [0.1, 0.15) is 5.56 Å². The molecule has 0 unspecified atom stereocenters. The van der Waals surface area contributed by atoms with Crippen molar-refractivity contribution in [3.05, 3.63) is 41.6 Å². The van der Waals surface area contributed by atoms with Crippen LogP contribution in [0.25, 0.3) is 5.57 Å². The Morgan fingerprint density at radius 2 is 1.69 bits per heavy atom. The molecule has 0 amide bonds. The minimum atomic E-state index is -0.601. The minimum Gasteiger partial charge on any atom is -0.207 e. The molecule has 65 valence electrons. The standard InChI is InChI=1S/C9H5F2N2/c10-8-1-6(2-9(11)3-8)7-4-12-13-5-7/h1-5H. The number of hydrogen-bond donors (Lipinski definition) is 0. The lowest BCUT2D eigenvalue weighted by Gasteiger charge is -1.98. The van der Waals surface area contributed by atoms with Crippen molar-refractivity contribution in [2.24, 2.45) is 5.10 Å². The van der Waals surface area contributed by atoms with E-state index in [9.17, 15) is 8.78 Å². The summed E-state index contributed by atoms with van der Waals surface area (Å²) >= 11 is 0. The number of allylic oxidation sites excluding steroid dienone is 1. The van der Waals surface area contributed by atoms with E-state index in [4.69, 9.17) is 0 Å². The first-order valence-corrected chi connectivity index (χ1v) is 3.65. The summed E-state index contributed by atoms with van der Waals surface area (Å²) in [5.41, 5.74) is 4.62. The molecule has 1 aliphatic heterocycles. The molecule has 1 aliphatic rings. The quantitative estimate of drug-likeness (QED) is 0.629. The Hall–Kier alpha value is -1.71. The maximum atomic E-state index is 12.7. The highest BCUT2D eigenvalue weighted by molar-refractivity contribution is 6.10. The van der Waals surface area contributed by atoms with Gasteiger partial charge in [0.1, 0.15) is 11.6 Å². The molecule has 0 saturated carbocycles. The third kappa shape index (κ3) is 1.56. The van der Waals surface area contributed by atoms with Gasteiger partial charge in [0.05, 0.1) is 12.4 Å². The predicted octanol–water partition coefficient (Wildman–Crippen LogP) is 1.91. The molecule has 0 aromatic heterocycles. The van der Waals surface area contributed by atoms with Gasteiger partial charge < -0.3 is 0 Å². The fourth-order valence-corrected chi connectivity index (χ4v) is 1.09. The monoisotopic (exact) mass is 179 g/mol. The maximum absolute atomic E-state index is 12.7. The third-order valence-corrected chi connectivity index (χ3v) is 1.66. The van der Waals surface area contributed by atoms with Gasteiger partial charge in [0.25, 0.3) is 0 Å². The molecule has 0 bridgehead atoms. The van der Waals surface area contributed by atoms with E-state index in [-0.39, 0.29) is 0 Å². The molecule has 0 saturated heterocycles. The van der Waals surface area contributed by atoms with Crippen molar-refractivity contribution in [2.45, 2.75) is 0 Å². The van der Waals surface area contributed by atoms with Crippen LogP contribution in [0.4, 0.5) is 8.78 Å². The van der Waals surface area contributed by atoms with Gasteiger partial charge in [0.15, 0.2) is 0 Å². The van der Waals surface area contributed by atoms with Crippen molar-refractivity contribution in [1.29, 1.82) is 0 Å². The first kappa shape index (κ1) is 7.91. The fourth-order valence-electron chi connectivity index (χ4n) is 1.09. The summed E-state index contributed by atoms with van der Waals surface area (Å²) < 4.78 is 25.5. The molecule has 2 rings (SSSR count). The number of hydrogen-bond acceptors (Lipinski definition) is 1. The van der Waals surface area contributed by atoms with Crippen LogP contribution >= 0.6 is 0 Å². The molecule has 4 heteroatoms. The molecule has 0 spiro atoms. The molecular weight excluding hydrogens is 174 g/mol. The molecule has 0 N–H and O–H groups in total. The first-order valence-electron chi connectivity index (χ1n) is 3.65. The van der Waals surface area contributed by atoms with Crippen LogP contribution in [0, 0.1) is 11.6 Å². The summed E-state index contributed by atoms with van der Waals surface area (Å²) in [6.07, 6.45) is 2.91. The van der Waals surface area contributed by atoms with Gasteiger partial charge in [-0.15, -0.1) is 0 Å². The normalized spacial score (nSPS) is 14.2. The second-order valence-electron chi connectivity index (χ2n) is 2.60. The molecule has 13 heavy (non-hydrogen) atoms. The SMILES string of the molecule is Fc1cc(F)cc(C2=C[N]N=C2)c1. The maximum Gasteiger partial charge on any atom is 0.126 e. The minimum absolute atomic E-state index is 0.447. The zero-order valence-electron chi connectivity index (χ0n) is 6.54. The highest BCUT2D eigenvalue weighted by Gasteiger charge is 2.06. The van der Waals surface area contributed by atoms with Gasteiger partial charge in [-0.25, -0.2) is 8.78 Å². The van der Waals surface area contributed by atoms with E-state index in [1.54, 1.807) is 0 Å². The molecular formula is C9H5F2N2. The highest BCUT2D eigenvalue weighted by atomic mass is 19.1. The molecule has 1 heterocycles. The van der Waals surface area contributed by atoms with Crippen LogP contribution in [0.2, 0.25) is 0 Å². The number of rotatable bonds is 1. The van der Waals surface area contributed by atoms with Crippen molar-refractivity contribution in [2.75, 3.05) is 0 Å². The Labute approximate surface area is 73.6 Å². The summed E-state index contributed by atoms with van der Waals surface area (Å²) in [5, 5.41) is 3.56. The number of benzene rings is 1. The smallest absolute Gasteiger partial charge is 0.126 e. The van der Waals surface area contributed by atoms with Crippen molar-refractivity contribution in [3.8, 4) is 0 Å². The Bertz CT molecular complexity index is 376. The molecule has 2 nitrogen and oxygen atoms in total. The lowest BCUT2D eigenvalue weighted by Crippen LogP contribution is -1.87. The van der Waals surface area contributed by atoms with E-state index in [0.29, 0.717) is 11.1 Å². The van der Waals surface area contributed by atoms with Gasteiger partial charge in [0.2, 0.25) is 0 Å². The zero-order chi connectivity index (χ0) is 9.26. The Morgan fingerprint density at radius 3 is 2.23 bits per heavy atom. The number of nitrogens with zero attached hydrogens (tertiary/aromatic N) is 2. The number of halogens is 2. The summed E-state index contributed by atoms with van der Waals surface area (Å²) in [5.74, 6) is -1.20. The molecule has 1 aromatic rings. The van der Waals surface area contributed by atoms with E-state index < -0.39 is 11.6 Å². The van der Waals surface area contributed by atoms with E-state index >= 15 is 0 Å². The van der Waals surface area contributed by atoms with Crippen LogP contribution in [-0.4, -0.2) is 6.21 Å².